The first-order chi connectivity index (χ1) is 5.65. The Morgan fingerprint density at radius 1 is 1.67 bits per heavy atom. The smallest absolute Gasteiger partial charge is 0.219 e. The Balaban J connectivity index is 2.20. The molecule has 0 aromatic heterocycles. The topological polar surface area (TPSA) is 43.8 Å². The highest BCUT2D eigenvalue weighted by Crippen LogP contribution is 2.12. The Labute approximate surface area is 72.8 Å². The molecule has 0 aromatic rings. The molecule has 1 amide bonds. The monoisotopic (exact) mass is 172 g/mol. The summed E-state index contributed by atoms with van der Waals surface area (Å²) in [6, 6.07) is 0.445. The van der Waals surface area contributed by atoms with Gasteiger partial charge in [0.15, 0.2) is 0 Å². The van der Waals surface area contributed by atoms with Gasteiger partial charge in [0.2, 0.25) is 5.91 Å². The van der Waals surface area contributed by atoms with Crippen LogP contribution in [0.15, 0.2) is 0 Å². The number of carbonyl (C=O) groups is 1. The van der Waals surface area contributed by atoms with E-state index in [2.05, 4.69) is 4.90 Å². The molecule has 0 aliphatic carbocycles. The van der Waals surface area contributed by atoms with E-state index in [0.717, 1.165) is 13.1 Å². The first-order valence-electron chi connectivity index (χ1n) is 4.21. The third kappa shape index (κ3) is 1.95. The van der Waals surface area contributed by atoms with Crippen molar-refractivity contribution in [3.8, 4) is 0 Å². The van der Waals surface area contributed by atoms with Crippen LogP contribution in [-0.4, -0.2) is 60.1 Å². The molecule has 1 fully saturated rings. The van der Waals surface area contributed by atoms with E-state index < -0.39 is 0 Å². The van der Waals surface area contributed by atoms with Crippen LogP contribution in [-0.2, 0) is 4.79 Å². The van der Waals surface area contributed by atoms with Crippen LogP contribution < -0.4 is 0 Å². The second-order valence-corrected chi connectivity index (χ2v) is 3.28. The maximum absolute atomic E-state index is 10.8. The highest BCUT2D eigenvalue weighted by molar-refractivity contribution is 5.74. The van der Waals surface area contributed by atoms with Gasteiger partial charge in [-0.2, -0.15) is 0 Å². The molecule has 70 valence electrons. The Bertz CT molecular complexity index is 166. The summed E-state index contributed by atoms with van der Waals surface area (Å²) in [6.45, 7) is 4.09. The average molecular weight is 172 g/mol. The van der Waals surface area contributed by atoms with Gasteiger partial charge in [0.05, 0.1) is 6.61 Å². The van der Waals surface area contributed by atoms with Crippen LogP contribution in [0.1, 0.15) is 6.92 Å². The summed E-state index contributed by atoms with van der Waals surface area (Å²) in [4.78, 5) is 14.7. The molecule has 1 heterocycles. The number of hydrogen-bond donors (Lipinski definition) is 1. The molecule has 1 aliphatic rings. The number of hydrogen-bond acceptors (Lipinski definition) is 3. The summed E-state index contributed by atoms with van der Waals surface area (Å²) in [6.07, 6.45) is 0. The van der Waals surface area contributed by atoms with Crippen molar-refractivity contribution < 1.29 is 9.90 Å². The van der Waals surface area contributed by atoms with Gasteiger partial charge in [-0.3, -0.25) is 9.69 Å². The number of likely N-dealkylation sites (tertiary alicyclic amines) is 1. The minimum atomic E-state index is 0.142. The average Bonchev–Trinajstić information content (AvgIpc) is 1.82. The van der Waals surface area contributed by atoms with Gasteiger partial charge in [-0.1, -0.05) is 0 Å². The van der Waals surface area contributed by atoms with Crippen LogP contribution in [0.2, 0.25) is 0 Å². The van der Waals surface area contributed by atoms with Gasteiger partial charge >= 0.3 is 0 Å². The van der Waals surface area contributed by atoms with Crippen LogP contribution >= 0.6 is 0 Å². The van der Waals surface area contributed by atoms with Crippen molar-refractivity contribution in [3.63, 3.8) is 0 Å². The third-order valence-electron chi connectivity index (χ3n) is 2.38. The SMILES string of the molecule is CC(=O)N1CC(N(C)CCO)C1. The lowest BCUT2D eigenvalue weighted by atomic mass is 10.1. The van der Waals surface area contributed by atoms with E-state index in [-0.39, 0.29) is 12.5 Å². The summed E-state index contributed by atoms with van der Waals surface area (Å²) in [5.74, 6) is 0.142. The number of amides is 1. The second kappa shape index (κ2) is 3.87. The van der Waals surface area contributed by atoms with Gasteiger partial charge in [-0.05, 0) is 7.05 Å². The van der Waals surface area contributed by atoms with E-state index in [1.54, 1.807) is 11.8 Å². The van der Waals surface area contributed by atoms with Crippen molar-refractivity contribution in [1.82, 2.24) is 9.80 Å². The summed E-state index contributed by atoms with van der Waals surface area (Å²) in [5.41, 5.74) is 0. The predicted molar refractivity (Wildman–Crippen MR) is 45.8 cm³/mol. The number of aliphatic hydroxyl groups is 1. The molecule has 0 saturated carbocycles. The molecule has 0 aromatic carbocycles. The molecule has 1 saturated heterocycles. The molecule has 0 unspecified atom stereocenters. The zero-order valence-electron chi connectivity index (χ0n) is 7.66. The van der Waals surface area contributed by atoms with Crippen LogP contribution in [0.25, 0.3) is 0 Å². The molecule has 12 heavy (non-hydrogen) atoms. The summed E-state index contributed by atoms with van der Waals surface area (Å²) in [7, 11) is 1.97. The minimum Gasteiger partial charge on any atom is -0.395 e. The van der Waals surface area contributed by atoms with Gasteiger partial charge in [0.25, 0.3) is 0 Å². The van der Waals surface area contributed by atoms with Crippen molar-refractivity contribution in [1.29, 1.82) is 0 Å². The van der Waals surface area contributed by atoms with E-state index in [4.69, 9.17) is 5.11 Å². The summed E-state index contributed by atoms with van der Waals surface area (Å²) < 4.78 is 0. The standard InChI is InChI=1S/C8H16N2O2/c1-7(12)10-5-8(6-10)9(2)3-4-11/h8,11H,3-6H2,1-2H3. The normalized spacial score (nSPS) is 18.2. The highest BCUT2D eigenvalue weighted by atomic mass is 16.3. The van der Waals surface area contributed by atoms with Gasteiger partial charge in [-0.15, -0.1) is 0 Å². The lowest BCUT2D eigenvalue weighted by Crippen LogP contribution is -2.60. The van der Waals surface area contributed by atoms with E-state index in [9.17, 15) is 4.79 Å². The number of carbonyl (C=O) groups excluding carboxylic acids is 1. The van der Waals surface area contributed by atoms with Crippen molar-refractivity contribution in [2.45, 2.75) is 13.0 Å². The Kier molecular flexibility index (Phi) is 3.05. The maximum atomic E-state index is 10.8. The molecule has 0 atom stereocenters. The molecule has 1 rings (SSSR count). The van der Waals surface area contributed by atoms with E-state index in [0.29, 0.717) is 12.6 Å². The number of rotatable bonds is 3. The minimum absolute atomic E-state index is 0.142. The fourth-order valence-corrected chi connectivity index (χ4v) is 1.33. The quantitative estimate of drug-likeness (QED) is 0.602. The van der Waals surface area contributed by atoms with Crippen molar-refractivity contribution >= 4 is 5.91 Å². The van der Waals surface area contributed by atoms with Crippen LogP contribution in [0.4, 0.5) is 0 Å². The molecule has 4 heteroatoms. The molecular weight excluding hydrogens is 156 g/mol. The van der Waals surface area contributed by atoms with E-state index in [1.165, 1.54) is 0 Å². The fourth-order valence-electron chi connectivity index (χ4n) is 1.33. The molecule has 0 bridgehead atoms. The maximum Gasteiger partial charge on any atom is 0.219 e. The first-order valence-corrected chi connectivity index (χ1v) is 4.21. The Morgan fingerprint density at radius 3 is 2.67 bits per heavy atom. The molecule has 4 nitrogen and oxygen atoms in total. The largest absolute Gasteiger partial charge is 0.395 e. The van der Waals surface area contributed by atoms with Gasteiger partial charge in [0, 0.05) is 32.6 Å². The number of nitrogens with zero attached hydrogens (tertiary/aromatic N) is 2. The lowest BCUT2D eigenvalue weighted by molar-refractivity contribution is -0.135. The molecular formula is C8H16N2O2. The molecule has 0 spiro atoms. The number of aliphatic hydroxyl groups excluding tert-OH is 1. The molecule has 1 N–H and O–H groups in total. The Morgan fingerprint density at radius 2 is 2.25 bits per heavy atom. The zero-order chi connectivity index (χ0) is 9.14. The van der Waals surface area contributed by atoms with Crippen LogP contribution in [0.3, 0.4) is 0 Å². The summed E-state index contributed by atoms with van der Waals surface area (Å²) >= 11 is 0. The Hall–Kier alpha value is -0.610. The predicted octanol–water partition coefficient (Wildman–Crippen LogP) is -0.859. The van der Waals surface area contributed by atoms with Crippen molar-refractivity contribution in [2.75, 3.05) is 33.3 Å². The summed E-state index contributed by atoms with van der Waals surface area (Å²) in [5, 5.41) is 8.66. The van der Waals surface area contributed by atoms with Crippen molar-refractivity contribution in [3.05, 3.63) is 0 Å². The van der Waals surface area contributed by atoms with Crippen LogP contribution in [0.5, 0.6) is 0 Å². The van der Waals surface area contributed by atoms with Gasteiger partial charge in [-0.25, -0.2) is 0 Å². The van der Waals surface area contributed by atoms with Crippen LogP contribution in [0, 0.1) is 0 Å². The second-order valence-electron chi connectivity index (χ2n) is 3.28. The van der Waals surface area contributed by atoms with Gasteiger partial charge in [0.1, 0.15) is 0 Å². The molecule has 1 aliphatic heterocycles. The molecule has 0 radical (unpaired) electrons. The van der Waals surface area contributed by atoms with Gasteiger partial charge < -0.3 is 10.0 Å². The zero-order valence-corrected chi connectivity index (χ0v) is 7.66. The van der Waals surface area contributed by atoms with E-state index >= 15 is 0 Å². The highest BCUT2D eigenvalue weighted by Gasteiger charge is 2.30. The number of likely N-dealkylation sites (N-methyl/N-ethyl adjacent to an activating group) is 1. The fraction of sp³-hybridized carbons (Fsp3) is 0.875. The van der Waals surface area contributed by atoms with E-state index in [1.807, 2.05) is 7.05 Å². The third-order valence-corrected chi connectivity index (χ3v) is 2.38. The van der Waals surface area contributed by atoms with Crippen molar-refractivity contribution in [2.24, 2.45) is 0 Å². The lowest BCUT2D eigenvalue weighted by Gasteiger charge is -2.43. The first kappa shape index (κ1) is 9.48.